The van der Waals surface area contributed by atoms with Gasteiger partial charge in [0, 0.05) is 6.07 Å². The number of amides is 2. The van der Waals surface area contributed by atoms with Crippen LogP contribution in [0.1, 0.15) is 15.9 Å². The molecule has 2 N–H and O–H groups in total. The molecule has 2 rings (SSSR count). The van der Waals surface area contributed by atoms with Gasteiger partial charge in [0.25, 0.3) is 11.6 Å². The molecule has 17 heavy (non-hydrogen) atoms. The molecule has 1 aromatic carbocycles. The molecule has 0 fully saturated rings. The number of nitro groups is 1. The molecule has 0 radical (unpaired) electrons. The van der Waals surface area contributed by atoms with Crippen LogP contribution in [0, 0.1) is 17.0 Å². The number of hydrogen-bond acceptors (Lipinski definition) is 4. The molecule has 7 nitrogen and oxygen atoms in total. The van der Waals surface area contributed by atoms with Gasteiger partial charge in [-0.05, 0) is 18.6 Å². The van der Waals surface area contributed by atoms with Gasteiger partial charge in [-0.25, -0.2) is 0 Å². The van der Waals surface area contributed by atoms with E-state index in [-0.39, 0.29) is 23.5 Å². The van der Waals surface area contributed by atoms with E-state index in [4.69, 9.17) is 0 Å². The molecular weight excluding hydrogens is 226 g/mol. The summed E-state index contributed by atoms with van der Waals surface area (Å²) in [6, 6.07) is 2.83. The lowest BCUT2D eigenvalue weighted by molar-refractivity contribution is -0.385. The van der Waals surface area contributed by atoms with Gasteiger partial charge in [0.05, 0.1) is 17.2 Å². The summed E-state index contributed by atoms with van der Waals surface area (Å²) in [4.78, 5) is 33.2. The van der Waals surface area contributed by atoms with Gasteiger partial charge in [0.15, 0.2) is 0 Å². The van der Waals surface area contributed by atoms with Crippen molar-refractivity contribution < 1.29 is 14.5 Å². The number of rotatable bonds is 1. The molecule has 1 aromatic rings. The third kappa shape index (κ3) is 1.94. The van der Waals surface area contributed by atoms with Crippen molar-refractivity contribution in [1.82, 2.24) is 5.32 Å². The number of anilines is 1. The molecule has 0 unspecified atom stereocenters. The smallest absolute Gasteiger partial charge is 0.284 e. The fourth-order valence-corrected chi connectivity index (χ4v) is 1.69. The molecule has 0 aromatic heterocycles. The van der Waals surface area contributed by atoms with Gasteiger partial charge >= 0.3 is 0 Å². The van der Waals surface area contributed by atoms with E-state index in [1.807, 2.05) is 0 Å². The molecule has 1 aliphatic heterocycles. The summed E-state index contributed by atoms with van der Waals surface area (Å²) in [7, 11) is 0. The molecule has 7 heteroatoms. The van der Waals surface area contributed by atoms with Gasteiger partial charge in [-0.2, -0.15) is 0 Å². The lowest BCUT2D eigenvalue weighted by Crippen LogP contribution is -2.28. The predicted molar refractivity (Wildman–Crippen MR) is 58.8 cm³/mol. The second-order valence-electron chi connectivity index (χ2n) is 3.69. The Hall–Kier alpha value is -2.44. The zero-order valence-corrected chi connectivity index (χ0v) is 8.94. The van der Waals surface area contributed by atoms with E-state index < -0.39 is 16.7 Å². The minimum Gasteiger partial charge on any atom is -0.343 e. The highest BCUT2D eigenvalue weighted by atomic mass is 16.6. The number of carbonyl (C=O) groups excluding carboxylic acids is 2. The fraction of sp³-hybridized carbons (Fsp3) is 0.200. The van der Waals surface area contributed by atoms with Crippen LogP contribution < -0.4 is 10.6 Å². The van der Waals surface area contributed by atoms with Crippen molar-refractivity contribution in [2.45, 2.75) is 6.92 Å². The van der Waals surface area contributed by atoms with Crippen LogP contribution in [0.25, 0.3) is 0 Å². The minimum atomic E-state index is -0.636. The van der Waals surface area contributed by atoms with Gasteiger partial charge in [-0.3, -0.25) is 19.7 Å². The van der Waals surface area contributed by atoms with Gasteiger partial charge in [-0.15, -0.1) is 0 Å². The summed E-state index contributed by atoms with van der Waals surface area (Å²) in [6.07, 6.45) is 0. The first kappa shape index (κ1) is 11.1. The summed E-state index contributed by atoms with van der Waals surface area (Å²) < 4.78 is 0. The van der Waals surface area contributed by atoms with Crippen molar-refractivity contribution in [1.29, 1.82) is 0 Å². The highest BCUT2D eigenvalue weighted by Crippen LogP contribution is 2.29. The quantitative estimate of drug-likeness (QED) is 0.549. The number of nitro benzene ring substituents is 1. The Balaban J connectivity index is 2.69. The van der Waals surface area contributed by atoms with E-state index in [1.54, 1.807) is 6.92 Å². The Labute approximate surface area is 96.0 Å². The van der Waals surface area contributed by atoms with Crippen LogP contribution in [0.5, 0.6) is 0 Å². The maximum atomic E-state index is 11.7. The van der Waals surface area contributed by atoms with Gasteiger partial charge in [-0.1, -0.05) is 0 Å². The Kier molecular flexibility index (Phi) is 2.51. The second-order valence-corrected chi connectivity index (χ2v) is 3.69. The number of benzene rings is 1. The third-order valence-corrected chi connectivity index (χ3v) is 2.37. The number of aryl methyl sites for hydroxylation is 1. The van der Waals surface area contributed by atoms with Crippen molar-refractivity contribution in [3.05, 3.63) is 33.4 Å². The molecule has 1 heterocycles. The molecule has 0 saturated heterocycles. The summed E-state index contributed by atoms with van der Waals surface area (Å²) in [5.74, 6) is -1.03. The number of nitrogens with zero attached hydrogens (tertiary/aromatic N) is 1. The Bertz CT molecular complexity index is 539. The van der Waals surface area contributed by atoms with E-state index in [0.29, 0.717) is 5.56 Å². The Morgan fingerprint density at radius 1 is 1.35 bits per heavy atom. The van der Waals surface area contributed by atoms with Gasteiger partial charge in [0.2, 0.25) is 5.91 Å². The van der Waals surface area contributed by atoms with E-state index in [2.05, 4.69) is 10.6 Å². The van der Waals surface area contributed by atoms with Crippen LogP contribution in [0.15, 0.2) is 12.1 Å². The Morgan fingerprint density at radius 3 is 2.71 bits per heavy atom. The molecule has 0 bridgehead atoms. The van der Waals surface area contributed by atoms with Crippen molar-refractivity contribution >= 4 is 23.2 Å². The maximum Gasteiger partial charge on any atom is 0.284 e. The lowest BCUT2D eigenvalue weighted by Gasteiger charge is -2.06. The van der Waals surface area contributed by atoms with Crippen molar-refractivity contribution in [2.75, 3.05) is 11.9 Å². The average Bonchev–Trinajstić information content (AvgIpc) is 2.37. The van der Waals surface area contributed by atoms with E-state index in [0.717, 1.165) is 0 Å². The Morgan fingerprint density at radius 2 is 2.06 bits per heavy atom. The monoisotopic (exact) mass is 235 g/mol. The summed E-state index contributed by atoms with van der Waals surface area (Å²) in [5, 5.41) is 15.6. The summed E-state index contributed by atoms with van der Waals surface area (Å²) in [6.45, 7) is 1.46. The van der Waals surface area contributed by atoms with Crippen LogP contribution in [0.4, 0.5) is 11.4 Å². The number of carbonyl (C=O) groups is 2. The van der Waals surface area contributed by atoms with Crippen LogP contribution in [-0.4, -0.2) is 23.3 Å². The standard InChI is InChI=1S/C10H9N3O4/c1-5-2-6-9(7(3-5)13(16)17)10(15)11-4-8(14)12-6/h2-3H,4H2,1H3,(H,11,15)(H,12,14). The normalized spacial score (nSPS) is 14.4. The molecule has 0 atom stereocenters. The molecular formula is C10H9N3O4. The predicted octanol–water partition coefficient (Wildman–Crippen LogP) is 0.585. The molecule has 1 aliphatic rings. The molecule has 0 spiro atoms. The summed E-state index contributed by atoms with van der Waals surface area (Å²) >= 11 is 0. The molecule has 2 amide bonds. The minimum absolute atomic E-state index is 0.105. The van der Waals surface area contributed by atoms with Crippen molar-refractivity contribution in [2.24, 2.45) is 0 Å². The largest absolute Gasteiger partial charge is 0.343 e. The number of nitrogens with one attached hydrogen (secondary N) is 2. The van der Waals surface area contributed by atoms with Crippen LogP contribution in [-0.2, 0) is 4.79 Å². The average molecular weight is 235 g/mol. The SMILES string of the molecule is Cc1cc2c(c([N+](=O)[O-])c1)C(=O)NCC(=O)N2. The summed E-state index contributed by atoms with van der Waals surface area (Å²) in [5.41, 5.74) is 0.369. The number of fused-ring (bicyclic) bond motifs is 1. The highest BCUT2D eigenvalue weighted by Gasteiger charge is 2.28. The highest BCUT2D eigenvalue weighted by molar-refractivity contribution is 6.11. The van der Waals surface area contributed by atoms with E-state index in [9.17, 15) is 19.7 Å². The maximum absolute atomic E-state index is 11.7. The van der Waals surface area contributed by atoms with Crippen molar-refractivity contribution in [3.8, 4) is 0 Å². The lowest BCUT2D eigenvalue weighted by atomic mass is 10.1. The van der Waals surface area contributed by atoms with Gasteiger partial charge < -0.3 is 10.6 Å². The molecule has 88 valence electrons. The molecule has 0 saturated carbocycles. The second kappa shape index (κ2) is 3.85. The molecule has 0 aliphatic carbocycles. The zero-order valence-electron chi connectivity index (χ0n) is 8.94. The van der Waals surface area contributed by atoms with Crippen molar-refractivity contribution in [3.63, 3.8) is 0 Å². The first-order valence-corrected chi connectivity index (χ1v) is 4.86. The third-order valence-electron chi connectivity index (χ3n) is 2.37. The zero-order chi connectivity index (χ0) is 12.6. The fourth-order valence-electron chi connectivity index (χ4n) is 1.69. The first-order chi connectivity index (χ1) is 7.99. The number of hydrogen-bond donors (Lipinski definition) is 2. The topological polar surface area (TPSA) is 101 Å². The van der Waals surface area contributed by atoms with Crippen LogP contribution in [0.3, 0.4) is 0 Å². The van der Waals surface area contributed by atoms with Crippen LogP contribution in [0.2, 0.25) is 0 Å². The first-order valence-electron chi connectivity index (χ1n) is 4.86. The van der Waals surface area contributed by atoms with Gasteiger partial charge in [0.1, 0.15) is 5.56 Å². The van der Waals surface area contributed by atoms with E-state index in [1.165, 1.54) is 12.1 Å². The van der Waals surface area contributed by atoms with E-state index >= 15 is 0 Å². The van der Waals surface area contributed by atoms with Crippen LogP contribution >= 0.6 is 0 Å².